The Morgan fingerprint density at radius 3 is 2.52 bits per heavy atom. The van der Waals surface area contributed by atoms with Crippen LogP contribution in [0.3, 0.4) is 0 Å². The number of amides is 2. The quantitative estimate of drug-likeness (QED) is 0.735. The number of likely N-dealkylation sites (tertiary alicyclic amines) is 1. The fraction of sp³-hybridized carbons (Fsp3) is 0.667. The summed E-state index contributed by atoms with van der Waals surface area (Å²) in [6, 6.07) is 6.33. The Labute approximate surface area is 184 Å². The lowest BCUT2D eigenvalue weighted by atomic mass is 10.0. The molecule has 0 spiro atoms. The van der Waals surface area contributed by atoms with Crippen molar-refractivity contribution in [2.45, 2.75) is 18.9 Å². The van der Waals surface area contributed by atoms with Crippen molar-refractivity contribution in [3.05, 3.63) is 23.2 Å². The van der Waals surface area contributed by atoms with Gasteiger partial charge in [0.25, 0.3) is 0 Å². The molecule has 29 heavy (non-hydrogen) atoms. The van der Waals surface area contributed by atoms with Gasteiger partial charge in [-0.3, -0.25) is 0 Å². The highest BCUT2D eigenvalue weighted by atomic mass is 35.5. The summed E-state index contributed by atoms with van der Waals surface area (Å²) in [5.41, 5.74) is 1.80. The van der Waals surface area contributed by atoms with Crippen molar-refractivity contribution in [3.63, 3.8) is 0 Å². The molecule has 0 aliphatic carbocycles. The molecule has 8 heteroatoms. The number of nitrogens with one attached hydrogen (secondary N) is 1. The van der Waals surface area contributed by atoms with E-state index in [-0.39, 0.29) is 6.03 Å². The van der Waals surface area contributed by atoms with Crippen LogP contribution in [0.25, 0.3) is 0 Å². The maximum Gasteiger partial charge on any atom is 0.321 e. The summed E-state index contributed by atoms with van der Waals surface area (Å²) in [4.78, 5) is 21.4. The van der Waals surface area contributed by atoms with Crippen LogP contribution in [0.15, 0.2) is 18.2 Å². The molecule has 2 heterocycles. The summed E-state index contributed by atoms with van der Waals surface area (Å²) in [5, 5.41) is 3.67. The zero-order valence-electron chi connectivity index (χ0n) is 17.9. The van der Waals surface area contributed by atoms with Crippen molar-refractivity contribution < 1.29 is 4.79 Å². The third-order valence-electron chi connectivity index (χ3n) is 6.00. The summed E-state index contributed by atoms with van der Waals surface area (Å²) in [5.74, 6) is 2.26. The molecular weight excluding hydrogens is 406 g/mol. The molecule has 0 unspecified atom stereocenters. The van der Waals surface area contributed by atoms with Gasteiger partial charge >= 0.3 is 6.03 Å². The fourth-order valence-electron chi connectivity index (χ4n) is 3.89. The number of hydrogen-bond acceptors (Lipinski definition) is 5. The monoisotopic (exact) mass is 439 g/mol. The highest BCUT2D eigenvalue weighted by Crippen LogP contribution is 2.30. The number of anilines is 2. The van der Waals surface area contributed by atoms with Gasteiger partial charge in [-0.15, -0.1) is 0 Å². The van der Waals surface area contributed by atoms with E-state index >= 15 is 0 Å². The standard InChI is InChI=1S/C21H34ClN5OS/c1-24-8-6-18(7-9-24)25(2)10-11-26(3)21(28)23-17-4-5-20(19(22)16-17)27-12-14-29-15-13-27/h4-5,16,18H,6-15H2,1-3H3,(H,23,28). The Kier molecular flexibility index (Phi) is 8.35. The molecular formula is C21H34ClN5OS. The average molecular weight is 440 g/mol. The highest BCUT2D eigenvalue weighted by molar-refractivity contribution is 7.99. The fourth-order valence-corrected chi connectivity index (χ4v) is 5.10. The first-order valence-corrected chi connectivity index (χ1v) is 12.0. The normalized spacial score (nSPS) is 18.9. The van der Waals surface area contributed by atoms with Gasteiger partial charge < -0.3 is 24.9 Å². The van der Waals surface area contributed by atoms with E-state index in [1.807, 2.05) is 37.0 Å². The van der Waals surface area contributed by atoms with Gasteiger partial charge in [-0.25, -0.2) is 4.79 Å². The van der Waals surface area contributed by atoms with Crippen LogP contribution in [0.4, 0.5) is 16.2 Å². The zero-order valence-corrected chi connectivity index (χ0v) is 19.4. The second-order valence-corrected chi connectivity index (χ2v) is 9.76. The summed E-state index contributed by atoms with van der Waals surface area (Å²) in [6.45, 7) is 5.92. The van der Waals surface area contributed by atoms with Crippen molar-refractivity contribution in [2.24, 2.45) is 0 Å². The summed E-state index contributed by atoms with van der Waals surface area (Å²) in [6.07, 6.45) is 2.40. The second kappa shape index (κ2) is 10.8. The molecule has 2 aliphatic heterocycles. The van der Waals surface area contributed by atoms with Crippen LogP contribution >= 0.6 is 23.4 Å². The van der Waals surface area contributed by atoms with Gasteiger partial charge in [0.05, 0.1) is 10.7 Å². The first-order valence-electron chi connectivity index (χ1n) is 10.5. The molecule has 1 aromatic rings. The number of nitrogens with zero attached hydrogens (tertiary/aromatic N) is 4. The molecule has 0 aromatic heterocycles. The number of piperidine rings is 1. The van der Waals surface area contributed by atoms with Crippen molar-refractivity contribution in [1.29, 1.82) is 0 Å². The Bertz CT molecular complexity index is 677. The lowest BCUT2D eigenvalue weighted by molar-refractivity contribution is 0.136. The number of halogens is 1. The smallest absolute Gasteiger partial charge is 0.321 e. The van der Waals surface area contributed by atoms with E-state index in [9.17, 15) is 4.79 Å². The van der Waals surface area contributed by atoms with Crippen LogP contribution in [0, 0.1) is 0 Å². The molecule has 3 rings (SSSR count). The number of likely N-dealkylation sites (N-methyl/N-ethyl adjacent to an activating group) is 2. The van der Waals surface area contributed by atoms with E-state index in [4.69, 9.17) is 11.6 Å². The third-order valence-corrected chi connectivity index (χ3v) is 7.24. The Morgan fingerprint density at radius 1 is 1.17 bits per heavy atom. The molecule has 1 aromatic carbocycles. The van der Waals surface area contributed by atoms with E-state index in [1.165, 1.54) is 12.8 Å². The largest absolute Gasteiger partial charge is 0.369 e. The molecule has 2 saturated heterocycles. The van der Waals surface area contributed by atoms with Crippen molar-refractivity contribution in [2.75, 3.05) is 82.1 Å². The molecule has 2 amide bonds. The lowest BCUT2D eigenvalue weighted by Crippen LogP contribution is -2.45. The number of urea groups is 1. The molecule has 1 N–H and O–H groups in total. The Hall–Kier alpha value is -1.15. The number of hydrogen-bond donors (Lipinski definition) is 1. The van der Waals surface area contributed by atoms with E-state index in [0.717, 1.165) is 55.6 Å². The predicted octanol–water partition coefficient (Wildman–Crippen LogP) is 3.38. The second-order valence-electron chi connectivity index (χ2n) is 8.13. The van der Waals surface area contributed by atoms with E-state index in [0.29, 0.717) is 17.6 Å². The lowest BCUT2D eigenvalue weighted by Gasteiger charge is -2.35. The first-order chi connectivity index (χ1) is 13.9. The maximum atomic E-state index is 12.6. The van der Waals surface area contributed by atoms with Crippen LogP contribution in [0.5, 0.6) is 0 Å². The maximum absolute atomic E-state index is 12.6. The number of benzene rings is 1. The SMILES string of the molecule is CN1CCC(N(C)CCN(C)C(=O)Nc2ccc(N3CCSCC3)c(Cl)c2)CC1. The summed E-state index contributed by atoms with van der Waals surface area (Å²) >= 11 is 8.48. The minimum atomic E-state index is -0.0973. The van der Waals surface area contributed by atoms with Crippen molar-refractivity contribution in [1.82, 2.24) is 14.7 Å². The Balaban J connectivity index is 1.47. The van der Waals surface area contributed by atoms with Gasteiger partial charge in [0.2, 0.25) is 0 Å². The van der Waals surface area contributed by atoms with Crippen LogP contribution in [0.2, 0.25) is 5.02 Å². The highest BCUT2D eigenvalue weighted by Gasteiger charge is 2.21. The van der Waals surface area contributed by atoms with Crippen LogP contribution < -0.4 is 10.2 Å². The van der Waals surface area contributed by atoms with E-state index in [2.05, 4.69) is 34.1 Å². The van der Waals surface area contributed by atoms with Gasteiger partial charge in [0.1, 0.15) is 0 Å². The van der Waals surface area contributed by atoms with Gasteiger partial charge in [0, 0.05) is 56.5 Å². The number of thioether (sulfide) groups is 1. The van der Waals surface area contributed by atoms with Gasteiger partial charge in [-0.1, -0.05) is 11.6 Å². The first kappa shape index (κ1) is 22.5. The van der Waals surface area contributed by atoms with Crippen LogP contribution in [-0.4, -0.2) is 98.7 Å². The molecule has 2 aliphatic rings. The van der Waals surface area contributed by atoms with E-state index in [1.54, 1.807) is 4.90 Å². The predicted molar refractivity (Wildman–Crippen MR) is 126 cm³/mol. The molecule has 0 atom stereocenters. The number of carbonyl (C=O) groups excluding carboxylic acids is 1. The number of rotatable bonds is 6. The van der Waals surface area contributed by atoms with Crippen molar-refractivity contribution in [3.8, 4) is 0 Å². The molecule has 0 radical (unpaired) electrons. The minimum absolute atomic E-state index is 0.0973. The summed E-state index contributed by atoms with van der Waals surface area (Å²) in [7, 11) is 6.19. The molecule has 0 bridgehead atoms. The van der Waals surface area contributed by atoms with E-state index < -0.39 is 0 Å². The topological polar surface area (TPSA) is 42.1 Å². The number of carbonyl (C=O) groups is 1. The third kappa shape index (κ3) is 6.41. The minimum Gasteiger partial charge on any atom is -0.369 e. The zero-order chi connectivity index (χ0) is 20.8. The van der Waals surface area contributed by atoms with Gasteiger partial charge in [0.15, 0.2) is 0 Å². The van der Waals surface area contributed by atoms with Gasteiger partial charge in [-0.05, 0) is 58.2 Å². The van der Waals surface area contributed by atoms with Crippen molar-refractivity contribution >= 4 is 40.8 Å². The average Bonchev–Trinajstić information content (AvgIpc) is 2.73. The Morgan fingerprint density at radius 2 is 1.86 bits per heavy atom. The van der Waals surface area contributed by atoms with Crippen LogP contribution in [-0.2, 0) is 0 Å². The molecule has 162 valence electrons. The summed E-state index contributed by atoms with van der Waals surface area (Å²) < 4.78 is 0. The molecule has 6 nitrogen and oxygen atoms in total. The molecule has 0 saturated carbocycles. The van der Waals surface area contributed by atoms with Gasteiger partial charge in [-0.2, -0.15) is 11.8 Å². The molecule has 2 fully saturated rings. The van der Waals surface area contributed by atoms with Crippen LogP contribution in [0.1, 0.15) is 12.8 Å².